The summed E-state index contributed by atoms with van der Waals surface area (Å²) in [5.41, 5.74) is -0.0291. The molecule has 1 atom stereocenters. The minimum Gasteiger partial charge on any atom is -0.476 e. The molecule has 2 rings (SSSR count). The van der Waals surface area contributed by atoms with Crippen molar-refractivity contribution in [3.8, 4) is 0 Å². The maximum absolute atomic E-state index is 13.4. The highest BCUT2D eigenvalue weighted by Crippen LogP contribution is 2.50. The number of ether oxygens (including phenoxy) is 2. The van der Waals surface area contributed by atoms with Crippen molar-refractivity contribution in [2.45, 2.75) is 16.3 Å². The van der Waals surface area contributed by atoms with Crippen LogP contribution in [-0.4, -0.2) is 46.0 Å². The maximum atomic E-state index is 13.4. The molecule has 0 spiro atoms. The normalized spacial score (nSPS) is 16.9. The number of anilines is 1. The van der Waals surface area contributed by atoms with Gasteiger partial charge in [-0.3, -0.25) is 30.9 Å². The van der Waals surface area contributed by atoms with E-state index in [2.05, 4.69) is 4.99 Å². The van der Waals surface area contributed by atoms with Crippen LogP contribution in [0.25, 0.3) is 0 Å². The molecule has 33 heavy (non-hydrogen) atoms. The third-order valence-corrected chi connectivity index (χ3v) is 4.94. The second-order valence-corrected chi connectivity index (χ2v) is 8.75. The standard InChI is InChI=1S/C15H12Cl4F3N5O6/c1-32-2-3-33-9-5-8(14(17,18)19)24-13(23)25(9)11-7(26(28)29)4-6(15(20,21)22)10(16)12(11)27(30)31/h4-5,13H,2-3,23H2,1H3. The number of rotatable bonds is 7. The molecule has 0 fully saturated rings. The number of nitrogens with zero attached hydrogens (tertiary/aromatic N) is 4. The predicted molar refractivity (Wildman–Crippen MR) is 114 cm³/mol. The van der Waals surface area contributed by atoms with E-state index in [0.717, 1.165) is 6.08 Å². The first-order valence-electron chi connectivity index (χ1n) is 8.37. The van der Waals surface area contributed by atoms with Gasteiger partial charge in [-0.05, 0) is 0 Å². The summed E-state index contributed by atoms with van der Waals surface area (Å²) in [4.78, 5) is 25.2. The van der Waals surface area contributed by atoms with Crippen molar-refractivity contribution in [1.29, 1.82) is 0 Å². The third-order valence-electron chi connectivity index (χ3n) is 3.98. The molecule has 1 unspecified atom stereocenters. The molecule has 1 aliphatic heterocycles. The summed E-state index contributed by atoms with van der Waals surface area (Å²) in [6.45, 7) is -0.257. The van der Waals surface area contributed by atoms with Gasteiger partial charge in [0.25, 0.3) is 0 Å². The zero-order valence-electron chi connectivity index (χ0n) is 16.1. The average Bonchev–Trinajstić information content (AvgIpc) is 2.65. The highest BCUT2D eigenvalue weighted by Gasteiger charge is 2.46. The summed E-state index contributed by atoms with van der Waals surface area (Å²) in [5.74, 6) is -0.460. The number of allylic oxidation sites excluding steroid dienone is 1. The van der Waals surface area contributed by atoms with Gasteiger partial charge >= 0.3 is 17.6 Å². The van der Waals surface area contributed by atoms with Gasteiger partial charge in [0.1, 0.15) is 11.6 Å². The fourth-order valence-corrected chi connectivity index (χ4v) is 3.29. The van der Waals surface area contributed by atoms with Crippen molar-refractivity contribution in [2.75, 3.05) is 25.2 Å². The number of nitrogens with two attached hydrogens (primary N) is 1. The molecule has 0 saturated carbocycles. The third kappa shape index (κ3) is 5.88. The Morgan fingerprint density at radius 1 is 1.21 bits per heavy atom. The second-order valence-electron chi connectivity index (χ2n) is 6.09. The van der Waals surface area contributed by atoms with Crippen molar-refractivity contribution in [2.24, 2.45) is 10.7 Å². The van der Waals surface area contributed by atoms with E-state index in [-0.39, 0.29) is 25.0 Å². The van der Waals surface area contributed by atoms with Crippen molar-refractivity contribution in [3.05, 3.63) is 48.8 Å². The lowest BCUT2D eigenvalue weighted by Crippen LogP contribution is -2.46. The fraction of sp³-hybridized carbons (Fsp3) is 0.400. The van der Waals surface area contributed by atoms with E-state index in [1.807, 2.05) is 0 Å². The van der Waals surface area contributed by atoms with Gasteiger partial charge in [0.05, 0.1) is 27.7 Å². The van der Waals surface area contributed by atoms with Crippen LogP contribution in [0.2, 0.25) is 5.02 Å². The fourth-order valence-electron chi connectivity index (χ4n) is 2.66. The van der Waals surface area contributed by atoms with Crippen LogP contribution in [0.4, 0.5) is 30.2 Å². The molecule has 1 aromatic carbocycles. The summed E-state index contributed by atoms with van der Waals surface area (Å²) >= 11 is 23.1. The smallest absolute Gasteiger partial charge is 0.418 e. The summed E-state index contributed by atoms with van der Waals surface area (Å²) in [6, 6.07) is 0.0400. The van der Waals surface area contributed by atoms with E-state index in [1.165, 1.54) is 7.11 Å². The summed E-state index contributed by atoms with van der Waals surface area (Å²) in [7, 11) is 1.32. The number of benzene rings is 1. The van der Waals surface area contributed by atoms with Crippen LogP contribution in [0, 0.1) is 20.2 Å². The molecule has 182 valence electrons. The molecule has 0 amide bonds. The number of hydrogen-bond donors (Lipinski definition) is 1. The number of nitro benzene ring substituents is 2. The topological polar surface area (TPSA) is 146 Å². The summed E-state index contributed by atoms with van der Waals surface area (Å²) < 4.78 is 48.2. The van der Waals surface area contributed by atoms with Crippen molar-refractivity contribution < 1.29 is 32.5 Å². The lowest BCUT2D eigenvalue weighted by atomic mass is 10.1. The number of nitro groups is 2. The van der Waals surface area contributed by atoms with Crippen LogP contribution in [0.15, 0.2) is 23.0 Å². The number of halogens is 7. The Morgan fingerprint density at radius 3 is 2.27 bits per heavy atom. The molecular weight excluding hydrogens is 545 g/mol. The monoisotopic (exact) mass is 555 g/mol. The van der Waals surface area contributed by atoms with Crippen LogP contribution >= 0.6 is 46.4 Å². The largest absolute Gasteiger partial charge is 0.476 e. The Labute approximate surface area is 202 Å². The molecule has 0 aromatic heterocycles. The first-order chi connectivity index (χ1) is 15.1. The van der Waals surface area contributed by atoms with Crippen molar-refractivity contribution in [1.82, 2.24) is 0 Å². The lowest BCUT2D eigenvalue weighted by molar-refractivity contribution is -0.393. The van der Waals surface area contributed by atoms with E-state index in [9.17, 15) is 33.4 Å². The molecular formula is C15H12Cl4F3N5O6. The zero-order chi connectivity index (χ0) is 25.3. The molecule has 1 aromatic rings. The molecule has 1 aliphatic rings. The minimum absolute atomic E-state index is 0.0292. The van der Waals surface area contributed by atoms with Gasteiger partial charge in [-0.25, -0.2) is 4.99 Å². The number of aliphatic imine (C=N–C) groups is 1. The molecule has 0 saturated heterocycles. The summed E-state index contributed by atoms with van der Waals surface area (Å²) in [5, 5.41) is 22.0. The predicted octanol–water partition coefficient (Wildman–Crippen LogP) is 4.55. The molecule has 2 N–H and O–H groups in total. The molecule has 0 bridgehead atoms. The minimum atomic E-state index is -5.25. The van der Waals surface area contributed by atoms with Crippen molar-refractivity contribution in [3.63, 3.8) is 0 Å². The van der Waals surface area contributed by atoms with Gasteiger partial charge in [0.15, 0.2) is 12.2 Å². The van der Waals surface area contributed by atoms with Crippen LogP contribution < -0.4 is 10.6 Å². The highest BCUT2D eigenvalue weighted by atomic mass is 35.6. The zero-order valence-corrected chi connectivity index (χ0v) is 19.1. The van der Waals surface area contributed by atoms with Gasteiger partial charge in [-0.1, -0.05) is 46.4 Å². The lowest BCUT2D eigenvalue weighted by Gasteiger charge is -2.34. The first kappa shape index (κ1) is 27.1. The first-order valence-corrected chi connectivity index (χ1v) is 9.88. The van der Waals surface area contributed by atoms with E-state index in [0.29, 0.717) is 4.90 Å². The number of alkyl halides is 6. The Hall–Kier alpha value is -2.10. The van der Waals surface area contributed by atoms with Crippen LogP contribution in [-0.2, 0) is 15.7 Å². The Morgan fingerprint density at radius 2 is 1.82 bits per heavy atom. The number of hydrogen-bond acceptors (Lipinski definition) is 9. The quantitative estimate of drug-likeness (QED) is 0.222. The van der Waals surface area contributed by atoms with E-state index >= 15 is 0 Å². The summed E-state index contributed by atoms with van der Waals surface area (Å²) in [6.07, 6.45) is -6.06. The second kappa shape index (κ2) is 10.0. The van der Waals surface area contributed by atoms with Gasteiger partial charge in [-0.2, -0.15) is 13.2 Å². The van der Waals surface area contributed by atoms with E-state index in [4.69, 9.17) is 61.6 Å². The maximum Gasteiger partial charge on any atom is 0.418 e. The molecule has 18 heteroatoms. The van der Waals surface area contributed by atoms with Crippen LogP contribution in [0.5, 0.6) is 0 Å². The van der Waals surface area contributed by atoms with Gasteiger partial charge < -0.3 is 9.47 Å². The molecule has 1 heterocycles. The van der Waals surface area contributed by atoms with E-state index < -0.39 is 59.6 Å². The van der Waals surface area contributed by atoms with Crippen LogP contribution in [0.1, 0.15) is 5.56 Å². The molecule has 0 radical (unpaired) electrons. The van der Waals surface area contributed by atoms with Gasteiger partial charge in [0.2, 0.25) is 9.48 Å². The average molecular weight is 557 g/mol. The Balaban J connectivity index is 2.88. The van der Waals surface area contributed by atoms with Crippen molar-refractivity contribution >= 4 is 69.2 Å². The van der Waals surface area contributed by atoms with E-state index in [1.54, 1.807) is 0 Å². The van der Waals surface area contributed by atoms with Gasteiger partial charge in [-0.15, -0.1) is 0 Å². The molecule has 11 nitrogen and oxygen atoms in total. The number of methoxy groups -OCH3 is 1. The Bertz CT molecular complexity index is 1030. The Kier molecular flexibility index (Phi) is 8.25. The SMILES string of the molecule is COCCOC1=CC(C(Cl)(Cl)Cl)=NC(N)N1c1c([N+](=O)[O-])cc(C(F)(F)F)c(Cl)c1[N+](=O)[O-]. The highest BCUT2D eigenvalue weighted by molar-refractivity contribution is 6.77. The van der Waals surface area contributed by atoms with Gasteiger partial charge in [0, 0.05) is 19.3 Å². The molecule has 0 aliphatic carbocycles. The van der Waals surface area contributed by atoms with Crippen LogP contribution in [0.3, 0.4) is 0 Å².